The normalized spacial score (nSPS) is 37.6. The minimum atomic E-state index is 0.731. The van der Waals surface area contributed by atoms with Gasteiger partial charge in [0.1, 0.15) is 12.1 Å². The zero-order valence-corrected chi connectivity index (χ0v) is 61.0. The van der Waals surface area contributed by atoms with E-state index in [1.807, 2.05) is 0 Å². The fourth-order valence-corrected chi connectivity index (χ4v) is 20.3. The van der Waals surface area contributed by atoms with Crippen molar-refractivity contribution in [2.45, 2.75) is 333 Å². The lowest BCUT2D eigenvalue weighted by molar-refractivity contribution is -0.964. The number of hydrogen-bond donors (Lipinski definition) is 0. The summed E-state index contributed by atoms with van der Waals surface area (Å²) >= 11 is 0. The number of hydrogen-bond acceptors (Lipinski definition) is 4. The Balaban J connectivity index is 0.000000160. The van der Waals surface area contributed by atoms with E-state index in [2.05, 4.69) is 193 Å². The summed E-state index contributed by atoms with van der Waals surface area (Å²) < 4.78 is 8.30. The molecule has 0 spiro atoms. The third kappa shape index (κ3) is 15.5. The molecule has 0 N–H and O–H groups in total. The molecule has 0 radical (unpaired) electrons. The van der Waals surface area contributed by atoms with Gasteiger partial charge in [-0.2, -0.15) is 0 Å². The highest BCUT2D eigenvalue weighted by atomic mass is 15.5. The SMILES string of the molecule is CC(C)C12CC[N+](C(C)C)(CC1)CC2.CC(C)N1CC2CC1C[N+]2(C)C(C)C.CC(C)N1CC[N+]2(C(C)C)CCC1C2.CC(C)N1CC[N+]2(C(C)C)CCC1CC2.CC(C)N1CC[N+]2(C(C)C)CCCC2C1.CC(C)[N+]1(C(C)C)CCCC1. The van der Waals surface area contributed by atoms with Crippen molar-refractivity contribution >= 4 is 0 Å². The van der Waals surface area contributed by atoms with E-state index in [0.29, 0.717) is 0 Å². The van der Waals surface area contributed by atoms with Gasteiger partial charge in [0.05, 0.1) is 166 Å². The molecule has 0 aromatic rings. The zero-order valence-electron chi connectivity index (χ0n) is 61.0. The first-order valence-electron chi connectivity index (χ1n) is 36.9. The number of quaternary nitrogens is 6. The highest BCUT2D eigenvalue weighted by Gasteiger charge is 2.55. The molecule has 488 valence electrons. The first-order chi connectivity index (χ1) is 38.7. The molecular formula is C73H152N10+6. The molecule has 13 fully saturated rings. The molecule has 13 aliphatic heterocycles. The molecule has 0 aliphatic carbocycles. The average molecular weight is 1170 g/mol. The van der Waals surface area contributed by atoms with Gasteiger partial charge in [-0.25, -0.2) is 0 Å². The molecule has 13 saturated heterocycles. The maximum Gasteiger partial charge on any atom is 0.104 e. The lowest BCUT2D eigenvalue weighted by Gasteiger charge is -2.58. The van der Waals surface area contributed by atoms with Crippen molar-refractivity contribution in [3.63, 3.8) is 0 Å². The summed E-state index contributed by atoms with van der Waals surface area (Å²) in [6, 6.07) is 13.2. The molecule has 10 heteroatoms. The number of likely N-dealkylation sites (tertiary alicyclic amines) is 3. The van der Waals surface area contributed by atoms with Crippen LogP contribution in [-0.2, 0) is 0 Å². The van der Waals surface area contributed by atoms with Gasteiger partial charge in [-0.15, -0.1) is 0 Å². The van der Waals surface area contributed by atoms with E-state index in [4.69, 9.17) is 0 Å². The van der Waals surface area contributed by atoms with Crippen LogP contribution in [0.25, 0.3) is 0 Å². The van der Waals surface area contributed by atoms with Crippen molar-refractivity contribution in [3.8, 4) is 0 Å². The second-order valence-corrected chi connectivity index (χ2v) is 34.4. The van der Waals surface area contributed by atoms with Crippen LogP contribution in [0.4, 0.5) is 0 Å². The van der Waals surface area contributed by atoms with Crippen LogP contribution in [0.1, 0.15) is 237 Å². The Morgan fingerprint density at radius 3 is 1.23 bits per heavy atom. The number of piperazine rings is 3. The van der Waals surface area contributed by atoms with Crippen molar-refractivity contribution in [1.82, 2.24) is 19.6 Å². The first-order valence-corrected chi connectivity index (χ1v) is 36.9. The molecule has 83 heavy (non-hydrogen) atoms. The third-order valence-corrected chi connectivity index (χ3v) is 27.9. The molecule has 7 atom stereocenters. The Morgan fingerprint density at radius 2 is 0.819 bits per heavy atom. The summed E-state index contributed by atoms with van der Waals surface area (Å²) in [5.41, 5.74) is 0.731. The predicted molar refractivity (Wildman–Crippen MR) is 361 cm³/mol. The zero-order chi connectivity index (χ0) is 61.8. The molecule has 10 nitrogen and oxygen atoms in total. The number of rotatable bonds is 12. The fourth-order valence-electron chi connectivity index (χ4n) is 20.3. The van der Waals surface area contributed by atoms with Gasteiger partial charge in [-0.05, 0) is 164 Å². The van der Waals surface area contributed by atoms with Gasteiger partial charge in [0, 0.05) is 120 Å². The fraction of sp³-hybridized carbons (Fsp3) is 1.00. The van der Waals surface area contributed by atoms with Gasteiger partial charge in [0.25, 0.3) is 0 Å². The van der Waals surface area contributed by atoms with Crippen LogP contribution in [0.5, 0.6) is 0 Å². The smallest absolute Gasteiger partial charge is 0.104 e. The van der Waals surface area contributed by atoms with Gasteiger partial charge in [0.2, 0.25) is 0 Å². The largest absolute Gasteiger partial charge is 0.322 e. The molecule has 8 bridgehead atoms. The van der Waals surface area contributed by atoms with E-state index in [1.165, 1.54) is 222 Å². The molecule has 13 aliphatic rings. The van der Waals surface area contributed by atoms with Gasteiger partial charge in [0.15, 0.2) is 0 Å². The van der Waals surface area contributed by atoms with Crippen molar-refractivity contribution in [3.05, 3.63) is 0 Å². The number of likely N-dealkylation sites (N-methyl/N-ethyl adjacent to an activating group) is 1. The highest BCUT2D eigenvalue weighted by Crippen LogP contribution is 2.50. The van der Waals surface area contributed by atoms with Crippen LogP contribution in [0.3, 0.4) is 0 Å². The number of fused-ring (bicyclic) bond motifs is 12. The van der Waals surface area contributed by atoms with Gasteiger partial charge >= 0.3 is 0 Å². The van der Waals surface area contributed by atoms with Gasteiger partial charge < -0.3 is 26.9 Å². The molecule has 7 unspecified atom stereocenters. The summed E-state index contributed by atoms with van der Waals surface area (Å²) in [4.78, 5) is 10.8. The minimum absolute atomic E-state index is 0.731. The van der Waals surface area contributed by atoms with Crippen molar-refractivity contribution in [1.29, 1.82) is 0 Å². The summed E-state index contributed by atoms with van der Waals surface area (Å²) in [5, 5.41) is 0. The van der Waals surface area contributed by atoms with E-state index in [9.17, 15) is 0 Å². The van der Waals surface area contributed by atoms with E-state index in [-0.39, 0.29) is 0 Å². The summed E-state index contributed by atoms with van der Waals surface area (Å²) in [5.74, 6) is 0.900. The molecule has 0 saturated carbocycles. The summed E-state index contributed by atoms with van der Waals surface area (Å²) in [7, 11) is 2.45. The molecule has 13 rings (SSSR count). The highest BCUT2D eigenvalue weighted by molar-refractivity contribution is 4.95. The van der Waals surface area contributed by atoms with Crippen LogP contribution < -0.4 is 0 Å². The third-order valence-electron chi connectivity index (χ3n) is 27.9. The van der Waals surface area contributed by atoms with Crippen LogP contribution >= 0.6 is 0 Å². The molecule has 0 aromatic heterocycles. The second-order valence-electron chi connectivity index (χ2n) is 34.4. The number of nitrogens with zero attached hydrogens (tertiary/aromatic N) is 10. The summed E-state index contributed by atoms with van der Waals surface area (Å²) in [6.45, 7) is 83.5. The summed E-state index contributed by atoms with van der Waals surface area (Å²) in [6.07, 6.45) is 16.0. The topological polar surface area (TPSA) is 13.0 Å². The van der Waals surface area contributed by atoms with Crippen LogP contribution in [0, 0.1) is 11.3 Å². The Kier molecular flexibility index (Phi) is 25.3. The van der Waals surface area contributed by atoms with Gasteiger partial charge in [-0.3, -0.25) is 19.6 Å². The van der Waals surface area contributed by atoms with E-state index >= 15 is 0 Å². The van der Waals surface area contributed by atoms with Crippen LogP contribution in [0.2, 0.25) is 0 Å². The predicted octanol–water partition coefficient (Wildman–Crippen LogP) is 13.1. The lowest BCUT2D eigenvalue weighted by atomic mass is 9.64. The standard InChI is InChI=1S/2C13H27N2.C13H26N.2C12H25N2.C10H22N/c1-11(2)14-7-10-15(12(3)4)8-5-13(14)6-9-15;1-11(2)14-7-9-15(12(3)4)8-5-6-13(15)10-14;1-11(2)13-5-8-14(9-6-13,10-7-13)12(3)4;1-9(2)13-7-12-6-11(13)8-14(12,5)10(3)4;1-10(2)13-6-8-14(11(3)4)7-5-12(13)9-14;1-9(2)11(10(3)4)7-5-6-8-11/h2*11-13H,5-10H2,1-4H3;11-12H,5-10H2,1-4H3;9-12H,6-8H2,1-5H3;10-12H,5-9H2,1-4H3;9-10H,5-8H2,1-4H3/q6*+1. The molecule has 0 amide bonds. The molecule has 0 aromatic carbocycles. The van der Waals surface area contributed by atoms with Crippen molar-refractivity contribution in [2.75, 3.05) is 131 Å². The Bertz CT molecular complexity index is 1820. The Hall–Kier alpha value is -0.400. The monoisotopic (exact) mass is 1170 g/mol. The minimum Gasteiger partial charge on any atom is -0.322 e. The van der Waals surface area contributed by atoms with E-state index in [1.54, 1.807) is 0 Å². The lowest BCUT2D eigenvalue weighted by Crippen LogP contribution is -2.66. The van der Waals surface area contributed by atoms with Crippen LogP contribution in [-0.4, -0.2) is 275 Å². The average Bonchev–Trinajstić information content (AvgIpc) is 4.37. The van der Waals surface area contributed by atoms with Gasteiger partial charge in [-0.1, -0.05) is 13.8 Å². The van der Waals surface area contributed by atoms with E-state index < -0.39 is 0 Å². The van der Waals surface area contributed by atoms with Crippen molar-refractivity contribution in [2.24, 2.45) is 11.3 Å². The first kappa shape index (κ1) is 71.7. The van der Waals surface area contributed by atoms with Crippen molar-refractivity contribution < 1.29 is 26.9 Å². The molecule has 13 heterocycles. The molecular weight excluding hydrogens is 1020 g/mol. The van der Waals surface area contributed by atoms with Crippen LogP contribution in [0.15, 0.2) is 0 Å². The second kappa shape index (κ2) is 29.3. The van der Waals surface area contributed by atoms with E-state index in [0.717, 1.165) is 108 Å². The maximum absolute atomic E-state index is 2.75. The quantitative estimate of drug-likeness (QED) is 0.181. The number of piperidine rings is 4. The Labute approximate surface area is 520 Å². The maximum atomic E-state index is 2.75. The Morgan fingerprint density at radius 1 is 0.349 bits per heavy atom.